The summed E-state index contributed by atoms with van der Waals surface area (Å²) >= 11 is 33.2. The SMILES string of the molecule is C1CNC1.C1NCC12COC2.ClC1(Cl)CCN1.ClC1(Cl)CNC1.ClC1CNC1.Clc1ccc(C2CCN2)cc1.FC1(F)CCN1.FC1(F)CNC1.FC1CNC1.Fc1ccc(C2CCN2)cc1.O=C1CNC1.c1ccc(COC2CNC2)cc1. The van der Waals surface area contributed by atoms with Crippen LogP contribution in [-0.4, -0.2) is 188 Å². The van der Waals surface area contributed by atoms with Crippen molar-refractivity contribution in [2.24, 2.45) is 5.41 Å². The summed E-state index contributed by atoms with van der Waals surface area (Å²) in [5.41, 5.74) is 4.41. The average Bonchev–Trinajstić information content (AvgIpc) is 3.31. The van der Waals surface area contributed by atoms with Gasteiger partial charge in [-0.3, -0.25) is 15.4 Å². The van der Waals surface area contributed by atoms with Gasteiger partial charge in [0.15, 0.2) is 10.2 Å². The van der Waals surface area contributed by atoms with Crippen molar-refractivity contribution in [1.29, 1.82) is 0 Å². The molecule has 476 valence electrons. The molecular weight excluding hydrogens is 1230 g/mol. The van der Waals surface area contributed by atoms with Gasteiger partial charge in [0, 0.05) is 114 Å². The van der Waals surface area contributed by atoms with E-state index in [-0.39, 0.29) is 25.3 Å². The molecule has 13 heterocycles. The van der Waals surface area contributed by atoms with Crippen LogP contribution >= 0.6 is 69.6 Å². The summed E-state index contributed by atoms with van der Waals surface area (Å²) in [6, 6.07) is 23.5. The van der Waals surface area contributed by atoms with Crippen molar-refractivity contribution in [3.05, 3.63) is 106 Å². The molecule has 2 unspecified atom stereocenters. The van der Waals surface area contributed by atoms with Gasteiger partial charge in [-0.15, -0.1) is 11.6 Å². The molecule has 84 heavy (non-hydrogen) atoms. The Bertz CT molecular complexity index is 2050. The molecule has 13 fully saturated rings. The normalized spacial score (nSPS) is 25.1. The third-order valence-corrected chi connectivity index (χ3v) is 15.8. The van der Waals surface area contributed by atoms with Crippen LogP contribution in [0.4, 0.5) is 26.3 Å². The first kappa shape index (κ1) is 72.8. The highest BCUT2D eigenvalue weighted by Gasteiger charge is 2.43. The van der Waals surface area contributed by atoms with Crippen LogP contribution in [0.2, 0.25) is 5.02 Å². The fraction of sp³-hybridized carbons (Fsp3) is 0.667. The Hall–Kier alpha value is -1.91. The number of alkyl halides is 10. The van der Waals surface area contributed by atoms with Crippen LogP contribution in [0.3, 0.4) is 0 Å². The van der Waals surface area contributed by atoms with Crippen molar-refractivity contribution in [2.75, 3.05) is 144 Å². The maximum absolute atomic E-state index is 12.5. The van der Waals surface area contributed by atoms with Gasteiger partial charge in [0.05, 0.1) is 57.5 Å². The average molecular weight is 1310 g/mol. The zero-order valence-electron chi connectivity index (χ0n) is 47.5. The van der Waals surface area contributed by atoms with Crippen molar-refractivity contribution in [1.82, 2.24) is 63.8 Å². The molecule has 0 amide bonds. The van der Waals surface area contributed by atoms with Crippen molar-refractivity contribution in [3.63, 3.8) is 0 Å². The zero-order chi connectivity index (χ0) is 60.7. The number of carbonyl (C=O) groups excluding carboxylic acids is 1. The molecule has 0 aromatic heterocycles. The summed E-state index contributed by atoms with van der Waals surface area (Å²) in [4.78, 5) is 9.84. The van der Waals surface area contributed by atoms with Crippen LogP contribution in [-0.2, 0) is 20.9 Å². The first-order valence-electron chi connectivity index (χ1n) is 28.8. The molecule has 1 spiro atoms. The van der Waals surface area contributed by atoms with Gasteiger partial charge >= 0.3 is 6.05 Å². The van der Waals surface area contributed by atoms with Gasteiger partial charge in [-0.1, -0.05) is 113 Å². The minimum atomic E-state index is -2.53. The summed E-state index contributed by atoms with van der Waals surface area (Å²) in [5.74, 6) is -2.22. The molecule has 0 bridgehead atoms. The van der Waals surface area contributed by atoms with Crippen LogP contribution in [0.15, 0.2) is 78.9 Å². The van der Waals surface area contributed by atoms with E-state index in [1.54, 1.807) is 0 Å². The molecule has 0 radical (unpaired) electrons. The van der Waals surface area contributed by atoms with Gasteiger partial charge in [0.1, 0.15) is 16.3 Å². The Morgan fingerprint density at radius 2 is 0.976 bits per heavy atom. The molecular formula is C57H86Cl6F6N12O3. The second-order valence-corrected chi connectivity index (χ2v) is 26.0. The van der Waals surface area contributed by atoms with E-state index < -0.39 is 26.9 Å². The molecule has 15 nitrogen and oxygen atoms in total. The second-order valence-electron chi connectivity index (χ2n) is 21.8. The third-order valence-electron chi connectivity index (χ3n) is 14.1. The fourth-order valence-corrected chi connectivity index (χ4v) is 8.05. The van der Waals surface area contributed by atoms with Crippen molar-refractivity contribution < 1.29 is 40.6 Å². The van der Waals surface area contributed by atoms with E-state index in [0.717, 1.165) is 90.2 Å². The van der Waals surface area contributed by atoms with Crippen LogP contribution in [0.5, 0.6) is 0 Å². The third kappa shape index (κ3) is 31.0. The van der Waals surface area contributed by atoms with Gasteiger partial charge in [-0.05, 0) is 86.4 Å². The topological polar surface area (TPSA) is 180 Å². The summed E-state index contributed by atoms with van der Waals surface area (Å²) < 4.78 is 79.3. The van der Waals surface area contributed by atoms with Gasteiger partial charge in [-0.2, -0.15) is 8.78 Å². The molecule has 2 atom stereocenters. The number of hydrogen-bond donors (Lipinski definition) is 12. The summed E-state index contributed by atoms with van der Waals surface area (Å²) in [5, 5.41) is 36.1. The molecule has 0 aliphatic carbocycles. The lowest BCUT2D eigenvalue weighted by Crippen LogP contribution is -2.64. The van der Waals surface area contributed by atoms with E-state index >= 15 is 0 Å². The van der Waals surface area contributed by atoms with E-state index in [4.69, 9.17) is 79.1 Å². The number of ketones is 1. The maximum atomic E-state index is 12.5. The lowest BCUT2D eigenvalue weighted by atomic mass is 9.80. The minimum Gasteiger partial charge on any atom is -0.380 e. The first-order valence-corrected chi connectivity index (χ1v) is 31.1. The van der Waals surface area contributed by atoms with Crippen LogP contribution < -0.4 is 63.8 Å². The van der Waals surface area contributed by atoms with E-state index in [1.165, 1.54) is 74.3 Å². The predicted octanol–water partition coefficient (Wildman–Crippen LogP) is 6.95. The molecule has 13 saturated heterocycles. The molecule has 12 N–H and O–H groups in total. The number of carbonyl (C=O) groups is 1. The van der Waals surface area contributed by atoms with Gasteiger partial charge in [0.25, 0.3) is 5.92 Å². The Morgan fingerprint density at radius 1 is 0.583 bits per heavy atom. The number of hydrogen-bond acceptors (Lipinski definition) is 15. The lowest BCUT2D eigenvalue weighted by Gasteiger charge is -2.48. The highest BCUT2D eigenvalue weighted by atomic mass is 35.5. The zero-order valence-corrected chi connectivity index (χ0v) is 52.0. The molecule has 0 saturated carbocycles. The van der Waals surface area contributed by atoms with Crippen LogP contribution in [0.1, 0.15) is 60.9 Å². The number of halogens is 12. The van der Waals surface area contributed by atoms with Gasteiger partial charge in [-0.25, -0.2) is 17.6 Å². The second kappa shape index (κ2) is 38.6. The van der Waals surface area contributed by atoms with E-state index in [1.807, 2.05) is 47.8 Å². The smallest absolute Gasteiger partial charge is 0.303 e. The molecule has 16 rings (SSSR count). The standard InChI is InChI=1S/C10H13NO.C9H10ClN.C9H10FN.C5H9NO.2C3H5Cl2N.C3H6ClN.2C3H5F2N.C3H6FN.C3H5NO.C3H7N/c1-2-4-9(5-3-1)8-12-10-6-11-7-10;2*10-8-3-1-7(2-4-8)9-5-6-11-9;1-5(2-6-1)3-7-4-5;4-3(5)1-6-2-3;4-3(5)1-2-6-3;4-3-1-5-2-3;4-3(5)1-6-2-3;4-3(5)1-2-6-3;4-3-1-5-2-3;5-3-1-4-2-3;1-2-4-3-1/h1-5,10-11H,6-8H2;2*1-4,9,11H,5-6H2;6H,1-4H2;2*6H,1-2H2;3,5H,1-2H2;2*6H,1-2H2;3,5H,1-2H2;4H,1-2H2;4H,1-3H2. The molecule has 3 aromatic carbocycles. The Labute approximate surface area is 522 Å². The number of Topliss-reactive ketones (excluding diaryl/α,β-unsaturated/α-hetero) is 1. The number of nitrogens with one attached hydrogen (secondary N) is 12. The van der Waals surface area contributed by atoms with Crippen molar-refractivity contribution in [3.8, 4) is 0 Å². The Morgan fingerprint density at radius 3 is 1.15 bits per heavy atom. The quantitative estimate of drug-likeness (QED) is 0.0717. The molecule has 13 aliphatic heterocycles. The minimum absolute atomic E-state index is 0.00694. The van der Waals surface area contributed by atoms with E-state index in [0.29, 0.717) is 67.5 Å². The van der Waals surface area contributed by atoms with Gasteiger partial charge < -0.3 is 62.6 Å². The number of benzene rings is 3. The highest BCUT2D eigenvalue weighted by molar-refractivity contribution is 6.49. The van der Waals surface area contributed by atoms with Crippen LogP contribution in [0.25, 0.3) is 0 Å². The molecule has 27 heteroatoms. The summed E-state index contributed by atoms with van der Waals surface area (Å²) in [7, 11) is 0. The highest BCUT2D eigenvalue weighted by Crippen LogP contribution is 2.31. The van der Waals surface area contributed by atoms with Crippen molar-refractivity contribution >= 4 is 75.4 Å². The predicted molar refractivity (Wildman–Crippen MR) is 328 cm³/mol. The lowest BCUT2D eigenvalue weighted by molar-refractivity contribution is -0.139. The van der Waals surface area contributed by atoms with Gasteiger partial charge in [0.2, 0.25) is 0 Å². The summed E-state index contributed by atoms with van der Waals surface area (Å²) in [6.45, 7) is 18.8. The summed E-state index contributed by atoms with van der Waals surface area (Å²) in [6.07, 6.45) is 4.58. The molecule has 13 aliphatic rings. The molecule has 3 aromatic rings. The van der Waals surface area contributed by atoms with Crippen molar-refractivity contribution in [2.45, 2.75) is 89.2 Å². The first-order chi connectivity index (χ1) is 40.1. The monoisotopic (exact) mass is 1310 g/mol. The largest absolute Gasteiger partial charge is 0.380 e. The van der Waals surface area contributed by atoms with E-state index in [9.17, 15) is 31.1 Å². The fourth-order valence-electron chi connectivity index (χ4n) is 6.94. The maximum Gasteiger partial charge on any atom is 0.303 e. The van der Waals surface area contributed by atoms with Crippen LogP contribution in [0, 0.1) is 11.2 Å². The van der Waals surface area contributed by atoms with E-state index in [2.05, 4.69) is 82.8 Å². The Kier molecular flexibility index (Phi) is 33.5. The Balaban J connectivity index is 0.000000170. The number of ether oxygens (including phenoxy) is 2. The number of rotatable bonds is 5.